The molecule has 4 saturated heterocycles. The van der Waals surface area contributed by atoms with Crippen molar-refractivity contribution < 1.29 is 28.8 Å². The number of ketones is 1. The van der Waals surface area contributed by atoms with Gasteiger partial charge in [-0.3, -0.25) is 4.79 Å². The molecule has 4 aliphatic rings. The topological polar surface area (TPSA) is 74.2 Å². The maximum absolute atomic E-state index is 13.1. The minimum Gasteiger partial charge on any atom is -0.387 e. The zero-order valence-electron chi connectivity index (χ0n) is 26.1. The average Bonchev–Trinajstić information content (AvgIpc) is 3.70. The van der Waals surface area contributed by atoms with Crippen LogP contribution in [-0.2, 0) is 49.4 Å². The second-order valence-corrected chi connectivity index (χ2v) is 13.4. The first-order valence-corrected chi connectivity index (χ1v) is 16.4. The number of aliphatic hydroxyl groups excluding tert-OH is 1. The van der Waals surface area contributed by atoms with E-state index < -0.39 is 24.1 Å². The van der Waals surface area contributed by atoms with E-state index in [0.29, 0.717) is 13.2 Å². The fourth-order valence-electron chi connectivity index (χ4n) is 7.86. The van der Waals surface area contributed by atoms with Crippen molar-refractivity contribution >= 4 is 5.78 Å². The Morgan fingerprint density at radius 2 is 1.00 bits per heavy atom. The summed E-state index contributed by atoms with van der Waals surface area (Å²) in [5.41, 5.74) is 4.21. The summed E-state index contributed by atoms with van der Waals surface area (Å²) >= 11 is 0. The van der Waals surface area contributed by atoms with Gasteiger partial charge in [0.2, 0.25) is 6.29 Å². The molecule has 0 unspecified atom stereocenters. The maximum Gasteiger partial charge on any atom is 0.218 e. The van der Waals surface area contributed by atoms with Crippen molar-refractivity contribution in [3.63, 3.8) is 0 Å². The van der Waals surface area contributed by atoms with Crippen molar-refractivity contribution in [2.24, 2.45) is 10.8 Å². The number of aliphatic hydroxyl groups is 1. The third-order valence-corrected chi connectivity index (χ3v) is 9.97. The molecule has 4 aromatic carbocycles. The van der Waals surface area contributed by atoms with Gasteiger partial charge >= 0.3 is 0 Å². The quantitative estimate of drug-likeness (QED) is 0.256. The second-order valence-electron chi connectivity index (χ2n) is 13.4. The van der Waals surface area contributed by atoms with Gasteiger partial charge < -0.3 is 24.1 Å². The van der Waals surface area contributed by atoms with E-state index in [1.807, 2.05) is 48.5 Å². The molecule has 238 valence electrons. The predicted octanol–water partition coefficient (Wildman–Crippen LogP) is 6.14. The van der Waals surface area contributed by atoms with E-state index in [1.54, 1.807) is 0 Å². The molecule has 0 radical (unpaired) electrons. The van der Waals surface area contributed by atoms with Gasteiger partial charge in [0.15, 0.2) is 12.1 Å². The highest BCUT2D eigenvalue weighted by molar-refractivity contribution is 5.89. The average molecular weight is 619 g/mol. The lowest BCUT2D eigenvalue weighted by Crippen LogP contribution is -2.51. The van der Waals surface area contributed by atoms with Crippen LogP contribution in [0.25, 0.3) is 0 Å². The summed E-state index contributed by atoms with van der Waals surface area (Å²) in [5, 5.41) is 11.0. The van der Waals surface area contributed by atoms with Crippen molar-refractivity contribution in [1.82, 2.24) is 0 Å². The molecule has 6 heteroatoms. The number of carbonyl (C=O) groups excluding carboxylic acids is 1. The lowest BCUT2D eigenvalue weighted by molar-refractivity contribution is -0.205. The molecule has 4 heterocycles. The number of rotatable bonds is 8. The van der Waals surface area contributed by atoms with Gasteiger partial charge in [0, 0.05) is 10.8 Å². The van der Waals surface area contributed by atoms with Crippen molar-refractivity contribution in [2.45, 2.75) is 69.4 Å². The molecular weight excluding hydrogens is 576 g/mol. The summed E-state index contributed by atoms with van der Waals surface area (Å²) in [7, 11) is 0. The van der Waals surface area contributed by atoms with Crippen LogP contribution < -0.4 is 0 Å². The van der Waals surface area contributed by atoms with Gasteiger partial charge in [0.05, 0.1) is 25.4 Å². The van der Waals surface area contributed by atoms with E-state index in [9.17, 15) is 9.90 Å². The van der Waals surface area contributed by atoms with E-state index in [0.717, 1.165) is 38.5 Å². The van der Waals surface area contributed by atoms with E-state index in [-0.39, 0.29) is 23.4 Å². The van der Waals surface area contributed by atoms with Gasteiger partial charge in [0.1, 0.15) is 6.10 Å². The van der Waals surface area contributed by atoms with Gasteiger partial charge in [-0.05, 0) is 60.8 Å². The largest absolute Gasteiger partial charge is 0.387 e. The van der Waals surface area contributed by atoms with Gasteiger partial charge in [-0.25, -0.2) is 0 Å². The van der Waals surface area contributed by atoms with Gasteiger partial charge in [-0.1, -0.05) is 121 Å². The Kier molecular flexibility index (Phi) is 9.16. The van der Waals surface area contributed by atoms with Crippen LogP contribution in [0.5, 0.6) is 0 Å². The van der Waals surface area contributed by atoms with E-state index in [2.05, 4.69) is 72.8 Å². The van der Waals surface area contributed by atoms with E-state index >= 15 is 0 Å². The number of hydrogen-bond donors (Lipinski definition) is 1. The highest BCUT2D eigenvalue weighted by Crippen LogP contribution is 2.46. The Balaban J connectivity index is 0.000000147. The molecule has 4 fully saturated rings. The number of fused-ring (bicyclic) bond motifs is 4. The lowest BCUT2D eigenvalue weighted by Gasteiger charge is -2.44. The summed E-state index contributed by atoms with van der Waals surface area (Å²) in [4.78, 5) is 13.1. The van der Waals surface area contributed by atoms with Crippen LogP contribution in [0.3, 0.4) is 0 Å². The van der Waals surface area contributed by atoms with Crippen LogP contribution in [0, 0.1) is 10.8 Å². The molecule has 0 spiro atoms. The molecule has 4 aliphatic heterocycles. The van der Waals surface area contributed by atoms with Crippen molar-refractivity contribution in [2.75, 3.05) is 13.2 Å². The Bertz CT molecular complexity index is 1480. The molecule has 0 aliphatic carbocycles. The predicted molar refractivity (Wildman–Crippen MR) is 175 cm³/mol. The smallest absolute Gasteiger partial charge is 0.218 e. The van der Waals surface area contributed by atoms with Gasteiger partial charge in [0.25, 0.3) is 0 Å². The van der Waals surface area contributed by atoms with E-state index in [1.165, 1.54) is 22.3 Å². The summed E-state index contributed by atoms with van der Waals surface area (Å²) in [6.45, 7) is 1.12. The first kappa shape index (κ1) is 31.0. The minimum absolute atomic E-state index is 0.0325. The molecular formula is C40H42O6. The summed E-state index contributed by atoms with van der Waals surface area (Å²) in [6.07, 6.45) is 3.06. The molecule has 4 bridgehead atoms. The molecule has 0 saturated carbocycles. The molecule has 6 nitrogen and oxygen atoms in total. The monoisotopic (exact) mass is 618 g/mol. The number of ether oxygens (including phenoxy) is 4. The Hall–Kier alpha value is -3.65. The van der Waals surface area contributed by atoms with Crippen LogP contribution in [0.4, 0.5) is 0 Å². The van der Waals surface area contributed by atoms with Crippen LogP contribution in [0.2, 0.25) is 0 Å². The zero-order valence-corrected chi connectivity index (χ0v) is 26.1. The SMILES string of the molecule is O=C1[C@@H]2OC[C@H](CC1(Cc1ccccc1)Cc1ccccc1)O2.O[C@@H]1[C@@H]2OC[C@H](CC1(Cc1ccccc1)Cc1ccccc1)O2. The first-order valence-electron chi connectivity index (χ1n) is 16.4. The highest BCUT2D eigenvalue weighted by Gasteiger charge is 2.54. The van der Waals surface area contributed by atoms with Crippen molar-refractivity contribution in [1.29, 1.82) is 0 Å². The molecule has 1 N–H and O–H groups in total. The van der Waals surface area contributed by atoms with Crippen LogP contribution in [-0.4, -0.2) is 55.0 Å². The fraction of sp³-hybridized carbons (Fsp3) is 0.375. The molecule has 8 rings (SSSR count). The zero-order chi connectivity index (χ0) is 31.4. The highest BCUT2D eigenvalue weighted by atomic mass is 16.7. The number of carbonyl (C=O) groups is 1. The van der Waals surface area contributed by atoms with Crippen LogP contribution in [0.15, 0.2) is 121 Å². The Morgan fingerprint density at radius 3 is 1.50 bits per heavy atom. The normalized spacial score (nSPS) is 27.1. The molecule has 46 heavy (non-hydrogen) atoms. The molecule has 0 aromatic heterocycles. The molecule has 5 atom stereocenters. The van der Waals surface area contributed by atoms with E-state index in [4.69, 9.17) is 18.9 Å². The van der Waals surface area contributed by atoms with Crippen LogP contribution in [0.1, 0.15) is 35.1 Å². The Morgan fingerprint density at radius 1 is 0.565 bits per heavy atom. The standard InChI is InChI=1S/C20H22O3.C20H20O3/c2*21-18-19-22-14-17(23-19)13-20(18,11-15-7-3-1-4-8-15)12-16-9-5-2-6-10-16/h1-10,17-19,21H,11-14H2;1-10,17,19H,11-14H2/t17-,18+,19+;17-,19+/m00/s1. The second kappa shape index (κ2) is 13.6. The first-order chi connectivity index (χ1) is 22.5. The number of benzene rings is 4. The van der Waals surface area contributed by atoms with Gasteiger partial charge in [-0.15, -0.1) is 0 Å². The maximum atomic E-state index is 13.1. The summed E-state index contributed by atoms with van der Waals surface area (Å²) in [6, 6.07) is 41.3. The minimum atomic E-state index is -0.679. The molecule has 4 aromatic rings. The number of Topliss-reactive ketones (excluding diaryl/α,β-unsaturated/α-hetero) is 1. The Labute approximate surface area is 271 Å². The number of hydrogen-bond acceptors (Lipinski definition) is 6. The molecule has 0 amide bonds. The van der Waals surface area contributed by atoms with Crippen LogP contribution >= 0.6 is 0 Å². The van der Waals surface area contributed by atoms with Crippen molar-refractivity contribution in [3.8, 4) is 0 Å². The third kappa shape index (κ3) is 6.73. The third-order valence-electron chi connectivity index (χ3n) is 9.97. The van der Waals surface area contributed by atoms with Gasteiger partial charge in [-0.2, -0.15) is 0 Å². The summed E-state index contributed by atoms with van der Waals surface area (Å²) < 4.78 is 22.6. The fourth-order valence-corrected chi connectivity index (χ4v) is 7.86. The lowest BCUT2D eigenvalue weighted by atomic mass is 9.68. The van der Waals surface area contributed by atoms with Crippen molar-refractivity contribution in [3.05, 3.63) is 144 Å². The summed E-state index contributed by atoms with van der Waals surface area (Å²) in [5.74, 6) is 0.0963.